The van der Waals surface area contributed by atoms with Gasteiger partial charge >= 0.3 is 6.61 Å². The predicted octanol–water partition coefficient (Wildman–Crippen LogP) is 3.68. The van der Waals surface area contributed by atoms with Crippen LogP contribution in [0.1, 0.15) is 30.9 Å². The molecule has 0 aromatic heterocycles. The van der Waals surface area contributed by atoms with Gasteiger partial charge in [0.1, 0.15) is 0 Å². The number of carbonyl (C=O) groups excluding carboxylic acids is 1. The summed E-state index contributed by atoms with van der Waals surface area (Å²) in [6.07, 6.45) is 1.49. The highest BCUT2D eigenvalue weighted by Crippen LogP contribution is 2.32. The first-order valence-electron chi connectivity index (χ1n) is 10.5. The SMILES string of the molecule is CCOc1cccc(CNC(=NC)NCc2ccc(N3CCCC3=O)cc2)c1OC(F)F. The third-order valence-corrected chi connectivity index (χ3v) is 5.02. The Morgan fingerprint density at radius 2 is 1.91 bits per heavy atom. The standard InChI is InChI=1S/C23H28F2N4O3/c1-3-31-19-7-4-6-17(21(19)32-22(24)25)15-28-23(26-2)27-14-16-9-11-18(12-10-16)29-13-5-8-20(29)30/h4,6-7,9-12,22H,3,5,8,13-15H2,1-2H3,(H2,26,27,28). The van der Waals surface area contributed by atoms with Crippen molar-refractivity contribution in [3.63, 3.8) is 0 Å². The topological polar surface area (TPSA) is 75.2 Å². The van der Waals surface area contributed by atoms with Gasteiger partial charge in [-0.05, 0) is 37.1 Å². The Hall–Kier alpha value is -3.36. The highest BCUT2D eigenvalue weighted by molar-refractivity contribution is 5.95. The van der Waals surface area contributed by atoms with E-state index in [4.69, 9.17) is 9.47 Å². The van der Waals surface area contributed by atoms with Gasteiger partial charge in [-0.1, -0.05) is 24.3 Å². The Labute approximate surface area is 186 Å². The molecule has 1 amide bonds. The van der Waals surface area contributed by atoms with Gasteiger partial charge in [-0.2, -0.15) is 8.78 Å². The molecule has 0 atom stereocenters. The van der Waals surface area contributed by atoms with Gasteiger partial charge in [0.2, 0.25) is 5.91 Å². The molecule has 7 nitrogen and oxygen atoms in total. The van der Waals surface area contributed by atoms with E-state index in [1.54, 1.807) is 37.1 Å². The largest absolute Gasteiger partial charge is 0.490 e. The van der Waals surface area contributed by atoms with Gasteiger partial charge in [-0.15, -0.1) is 0 Å². The molecule has 172 valence electrons. The van der Waals surface area contributed by atoms with Gasteiger partial charge in [0.25, 0.3) is 0 Å². The number of nitrogens with zero attached hydrogens (tertiary/aromatic N) is 2. The minimum Gasteiger partial charge on any atom is -0.490 e. The Morgan fingerprint density at radius 1 is 1.16 bits per heavy atom. The first-order valence-corrected chi connectivity index (χ1v) is 10.5. The van der Waals surface area contributed by atoms with E-state index >= 15 is 0 Å². The van der Waals surface area contributed by atoms with Gasteiger partial charge in [0.05, 0.1) is 6.61 Å². The van der Waals surface area contributed by atoms with E-state index in [1.165, 1.54) is 0 Å². The van der Waals surface area contributed by atoms with E-state index in [9.17, 15) is 13.6 Å². The number of anilines is 1. The lowest BCUT2D eigenvalue weighted by Gasteiger charge is -2.18. The molecular weight excluding hydrogens is 418 g/mol. The van der Waals surface area contributed by atoms with E-state index < -0.39 is 6.61 Å². The van der Waals surface area contributed by atoms with E-state index in [1.807, 2.05) is 24.3 Å². The quantitative estimate of drug-likeness (QED) is 0.454. The average molecular weight is 446 g/mol. The highest BCUT2D eigenvalue weighted by atomic mass is 19.3. The molecule has 0 saturated carbocycles. The fraction of sp³-hybridized carbons (Fsp3) is 0.391. The van der Waals surface area contributed by atoms with Crippen molar-refractivity contribution in [3.8, 4) is 11.5 Å². The molecule has 0 radical (unpaired) electrons. The predicted molar refractivity (Wildman–Crippen MR) is 119 cm³/mol. The number of benzene rings is 2. The second-order valence-electron chi connectivity index (χ2n) is 7.15. The molecule has 2 aromatic rings. The van der Waals surface area contributed by atoms with Crippen LogP contribution in [0, 0.1) is 0 Å². The van der Waals surface area contributed by atoms with Gasteiger partial charge in [-0.25, -0.2) is 0 Å². The number of ether oxygens (including phenoxy) is 2. The molecule has 2 N–H and O–H groups in total. The summed E-state index contributed by atoms with van der Waals surface area (Å²) in [5, 5.41) is 6.30. The number of hydrogen-bond donors (Lipinski definition) is 2. The zero-order chi connectivity index (χ0) is 22.9. The smallest absolute Gasteiger partial charge is 0.387 e. The number of rotatable bonds is 9. The van der Waals surface area contributed by atoms with Gasteiger partial charge in [-0.3, -0.25) is 9.79 Å². The minimum absolute atomic E-state index is 0.0133. The maximum Gasteiger partial charge on any atom is 0.387 e. The van der Waals surface area contributed by atoms with Crippen molar-refractivity contribution < 1.29 is 23.0 Å². The number of para-hydroxylation sites is 1. The van der Waals surface area contributed by atoms with Crippen molar-refractivity contribution in [3.05, 3.63) is 53.6 Å². The number of nitrogens with one attached hydrogen (secondary N) is 2. The van der Waals surface area contributed by atoms with Crippen LogP contribution >= 0.6 is 0 Å². The molecule has 1 aliphatic rings. The van der Waals surface area contributed by atoms with Crippen molar-refractivity contribution in [2.45, 2.75) is 39.5 Å². The van der Waals surface area contributed by atoms with E-state index in [0.29, 0.717) is 31.1 Å². The number of aliphatic imine (C=N–C) groups is 1. The normalized spacial score (nSPS) is 14.1. The number of carbonyl (C=O) groups is 1. The zero-order valence-electron chi connectivity index (χ0n) is 18.2. The summed E-state index contributed by atoms with van der Waals surface area (Å²) in [5.74, 6) is 0.948. The fourth-order valence-corrected chi connectivity index (χ4v) is 3.49. The lowest BCUT2D eigenvalue weighted by molar-refractivity contribution is -0.117. The van der Waals surface area contributed by atoms with Gasteiger partial charge in [0.15, 0.2) is 17.5 Å². The van der Waals surface area contributed by atoms with Crippen LogP contribution in [0.3, 0.4) is 0 Å². The van der Waals surface area contributed by atoms with Crippen LogP contribution in [-0.2, 0) is 17.9 Å². The van der Waals surface area contributed by atoms with Crippen molar-refractivity contribution in [1.82, 2.24) is 10.6 Å². The number of alkyl halides is 2. The lowest BCUT2D eigenvalue weighted by Crippen LogP contribution is -2.36. The third kappa shape index (κ3) is 6.09. The number of halogens is 2. The molecule has 0 unspecified atom stereocenters. The minimum atomic E-state index is -2.95. The summed E-state index contributed by atoms with van der Waals surface area (Å²) in [5.41, 5.74) is 2.45. The molecule has 2 aromatic carbocycles. The number of hydrogen-bond acceptors (Lipinski definition) is 4. The molecule has 9 heteroatoms. The summed E-state index contributed by atoms with van der Waals surface area (Å²) in [6.45, 7) is 0.648. The van der Waals surface area contributed by atoms with Crippen molar-refractivity contribution in [1.29, 1.82) is 0 Å². The summed E-state index contributed by atoms with van der Waals surface area (Å²) in [4.78, 5) is 17.9. The van der Waals surface area contributed by atoms with Crippen molar-refractivity contribution in [2.75, 3.05) is 25.1 Å². The Kier molecular flexibility index (Phi) is 8.24. The number of guanidine groups is 1. The lowest BCUT2D eigenvalue weighted by atomic mass is 10.2. The third-order valence-electron chi connectivity index (χ3n) is 5.02. The molecule has 0 aliphatic carbocycles. The van der Waals surface area contributed by atoms with E-state index in [-0.39, 0.29) is 24.0 Å². The van der Waals surface area contributed by atoms with Crippen LogP contribution in [0.5, 0.6) is 11.5 Å². The monoisotopic (exact) mass is 446 g/mol. The Morgan fingerprint density at radius 3 is 2.53 bits per heavy atom. The molecule has 1 fully saturated rings. The molecule has 3 rings (SSSR count). The maximum atomic E-state index is 12.9. The molecule has 1 aliphatic heterocycles. The number of amides is 1. The van der Waals surface area contributed by atoms with E-state index in [2.05, 4.69) is 15.6 Å². The second-order valence-corrected chi connectivity index (χ2v) is 7.15. The van der Waals surface area contributed by atoms with Crippen molar-refractivity contribution >= 4 is 17.6 Å². The van der Waals surface area contributed by atoms with Crippen LogP contribution in [0.15, 0.2) is 47.5 Å². The molecule has 0 bridgehead atoms. The molecule has 1 heterocycles. The summed E-state index contributed by atoms with van der Waals surface area (Å²) < 4.78 is 35.9. The van der Waals surface area contributed by atoms with Crippen LogP contribution in [-0.4, -0.2) is 38.7 Å². The summed E-state index contributed by atoms with van der Waals surface area (Å²) in [7, 11) is 1.63. The first-order chi connectivity index (χ1) is 15.5. The fourth-order valence-electron chi connectivity index (χ4n) is 3.49. The molecule has 0 spiro atoms. The van der Waals surface area contributed by atoms with Crippen LogP contribution in [0.25, 0.3) is 0 Å². The van der Waals surface area contributed by atoms with E-state index in [0.717, 1.165) is 24.2 Å². The van der Waals surface area contributed by atoms with Gasteiger partial charge in [0, 0.05) is 44.4 Å². The summed E-state index contributed by atoms with van der Waals surface area (Å²) in [6, 6.07) is 12.8. The Bertz CT molecular complexity index is 935. The Balaban J connectivity index is 1.58. The second kappa shape index (κ2) is 11.3. The van der Waals surface area contributed by atoms with Gasteiger partial charge < -0.3 is 25.0 Å². The summed E-state index contributed by atoms with van der Waals surface area (Å²) >= 11 is 0. The average Bonchev–Trinajstić information content (AvgIpc) is 3.21. The van der Waals surface area contributed by atoms with Crippen LogP contribution in [0.2, 0.25) is 0 Å². The first kappa shape index (κ1) is 23.3. The van der Waals surface area contributed by atoms with Crippen LogP contribution < -0.4 is 25.0 Å². The molecule has 1 saturated heterocycles. The van der Waals surface area contributed by atoms with Crippen LogP contribution in [0.4, 0.5) is 14.5 Å². The molecular formula is C23H28F2N4O3. The highest BCUT2D eigenvalue weighted by Gasteiger charge is 2.21. The molecule has 32 heavy (non-hydrogen) atoms. The maximum absolute atomic E-state index is 12.9. The van der Waals surface area contributed by atoms with Crippen molar-refractivity contribution in [2.24, 2.45) is 4.99 Å². The zero-order valence-corrected chi connectivity index (χ0v) is 18.2.